The first-order valence-corrected chi connectivity index (χ1v) is 7.38. The van der Waals surface area contributed by atoms with E-state index in [2.05, 4.69) is 15.3 Å². The number of rotatable bonds is 5. The smallest absolute Gasteiger partial charge is 0.237 e. The van der Waals surface area contributed by atoms with Crippen LogP contribution in [0.4, 0.5) is 17.3 Å². The van der Waals surface area contributed by atoms with Crippen LogP contribution in [0.2, 0.25) is 0 Å². The predicted octanol–water partition coefficient (Wildman–Crippen LogP) is 1.77. The quantitative estimate of drug-likeness (QED) is 0.568. The monoisotopic (exact) mass is 319 g/mol. The lowest BCUT2D eigenvalue weighted by Crippen LogP contribution is -2.23. The molecule has 0 radical (unpaired) electrons. The fourth-order valence-electron chi connectivity index (χ4n) is 1.71. The SMILES string of the molecule is COc1ccccc1NC(=O)C(C)Sc1nc(N)cc(N)n1. The highest BCUT2D eigenvalue weighted by Crippen LogP contribution is 2.26. The number of carbonyl (C=O) groups excluding carboxylic acids is 1. The van der Waals surface area contributed by atoms with E-state index in [1.165, 1.54) is 17.8 Å². The molecule has 1 aromatic heterocycles. The maximum absolute atomic E-state index is 12.2. The lowest BCUT2D eigenvalue weighted by Gasteiger charge is -2.13. The lowest BCUT2D eigenvalue weighted by atomic mass is 10.3. The van der Waals surface area contributed by atoms with E-state index in [0.717, 1.165) is 0 Å². The molecule has 116 valence electrons. The van der Waals surface area contributed by atoms with E-state index in [-0.39, 0.29) is 17.5 Å². The van der Waals surface area contributed by atoms with Crippen LogP contribution < -0.4 is 21.5 Å². The summed E-state index contributed by atoms with van der Waals surface area (Å²) in [5, 5.41) is 2.74. The second-order valence-corrected chi connectivity index (χ2v) is 5.76. The molecule has 22 heavy (non-hydrogen) atoms. The van der Waals surface area contributed by atoms with Crippen LogP contribution in [0.15, 0.2) is 35.5 Å². The lowest BCUT2D eigenvalue weighted by molar-refractivity contribution is -0.115. The van der Waals surface area contributed by atoms with Crippen molar-refractivity contribution >= 4 is 35.0 Å². The highest BCUT2D eigenvalue weighted by atomic mass is 32.2. The van der Waals surface area contributed by atoms with Crippen molar-refractivity contribution in [1.82, 2.24) is 9.97 Å². The number of thioether (sulfide) groups is 1. The van der Waals surface area contributed by atoms with Crippen LogP contribution in [-0.2, 0) is 4.79 Å². The summed E-state index contributed by atoms with van der Waals surface area (Å²) in [6, 6.07) is 8.65. The minimum absolute atomic E-state index is 0.195. The minimum Gasteiger partial charge on any atom is -0.495 e. The summed E-state index contributed by atoms with van der Waals surface area (Å²) in [5.74, 6) is 0.941. The van der Waals surface area contributed by atoms with Crippen LogP contribution in [-0.4, -0.2) is 28.2 Å². The molecule has 1 aromatic carbocycles. The molecule has 0 saturated heterocycles. The van der Waals surface area contributed by atoms with Gasteiger partial charge in [0.1, 0.15) is 17.4 Å². The number of ether oxygens (including phenoxy) is 1. The van der Waals surface area contributed by atoms with Gasteiger partial charge in [0.15, 0.2) is 5.16 Å². The number of nitrogens with zero attached hydrogens (tertiary/aromatic N) is 2. The Bertz CT molecular complexity index is 660. The number of methoxy groups -OCH3 is 1. The van der Waals surface area contributed by atoms with Crippen LogP contribution in [0.25, 0.3) is 0 Å². The van der Waals surface area contributed by atoms with Gasteiger partial charge in [0.2, 0.25) is 5.91 Å². The Hall–Kier alpha value is -2.48. The highest BCUT2D eigenvalue weighted by Gasteiger charge is 2.18. The molecule has 0 spiro atoms. The number of para-hydroxylation sites is 2. The molecule has 0 aliphatic heterocycles. The Kier molecular flexibility index (Phi) is 5.05. The number of aromatic nitrogens is 2. The van der Waals surface area contributed by atoms with Crippen molar-refractivity contribution in [2.75, 3.05) is 23.9 Å². The van der Waals surface area contributed by atoms with E-state index >= 15 is 0 Å². The number of carbonyl (C=O) groups is 1. The van der Waals surface area contributed by atoms with Crippen LogP contribution in [0.5, 0.6) is 5.75 Å². The van der Waals surface area contributed by atoms with Gasteiger partial charge in [0.05, 0.1) is 18.0 Å². The summed E-state index contributed by atoms with van der Waals surface area (Å²) in [6.45, 7) is 1.75. The number of amides is 1. The highest BCUT2D eigenvalue weighted by molar-refractivity contribution is 8.00. The fraction of sp³-hybridized carbons (Fsp3) is 0.214. The van der Waals surface area contributed by atoms with E-state index < -0.39 is 5.25 Å². The predicted molar refractivity (Wildman–Crippen MR) is 87.8 cm³/mol. The minimum atomic E-state index is -0.425. The second-order valence-electron chi connectivity index (χ2n) is 4.45. The number of anilines is 3. The zero-order chi connectivity index (χ0) is 16.1. The van der Waals surface area contributed by atoms with Crippen molar-refractivity contribution in [3.8, 4) is 5.75 Å². The maximum Gasteiger partial charge on any atom is 0.237 e. The molecule has 1 heterocycles. The molecule has 1 unspecified atom stereocenters. The topological polar surface area (TPSA) is 116 Å². The summed E-state index contributed by atoms with van der Waals surface area (Å²) in [5.41, 5.74) is 11.8. The number of hydrogen-bond acceptors (Lipinski definition) is 7. The van der Waals surface area contributed by atoms with E-state index in [1.807, 2.05) is 12.1 Å². The molecule has 2 aromatic rings. The Morgan fingerprint density at radius 1 is 1.27 bits per heavy atom. The summed E-state index contributed by atoms with van der Waals surface area (Å²) < 4.78 is 5.20. The second kappa shape index (κ2) is 6.99. The molecule has 0 bridgehead atoms. The van der Waals surface area contributed by atoms with Crippen molar-refractivity contribution in [3.63, 3.8) is 0 Å². The van der Waals surface area contributed by atoms with Crippen LogP contribution >= 0.6 is 11.8 Å². The van der Waals surface area contributed by atoms with Crippen LogP contribution in [0, 0.1) is 0 Å². The van der Waals surface area contributed by atoms with Crippen LogP contribution in [0.3, 0.4) is 0 Å². The zero-order valence-corrected chi connectivity index (χ0v) is 13.1. The average Bonchev–Trinajstić information content (AvgIpc) is 2.46. The molecule has 0 fully saturated rings. The normalized spacial score (nSPS) is 11.7. The first kappa shape index (κ1) is 15.9. The van der Waals surface area contributed by atoms with E-state index in [0.29, 0.717) is 16.6 Å². The third kappa shape index (κ3) is 4.01. The molecule has 0 aliphatic rings. The van der Waals surface area contributed by atoms with E-state index in [1.54, 1.807) is 26.2 Å². The van der Waals surface area contributed by atoms with Crippen LogP contribution in [0.1, 0.15) is 6.92 Å². The zero-order valence-electron chi connectivity index (χ0n) is 12.2. The van der Waals surface area contributed by atoms with Gasteiger partial charge in [-0.2, -0.15) is 0 Å². The molecule has 0 aliphatic carbocycles. The molecule has 1 amide bonds. The Labute approximate surface area is 132 Å². The van der Waals surface area contributed by atoms with Gasteiger partial charge in [-0.3, -0.25) is 4.79 Å². The third-order valence-electron chi connectivity index (χ3n) is 2.76. The van der Waals surface area contributed by atoms with Gasteiger partial charge in [-0.25, -0.2) is 9.97 Å². The molecule has 7 nitrogen and oxygen atoms in total. The Morgan fingerprint density at radius 3 is 2.55 bits per heavy atom. The van der Waals surface area contributed by atoms with Crippen molar-refractivity contribution in [2.24, 2.45) is 0 Å². The Morgan fingerprint density at radius 2 is 1.91 bits per heavy atom. The molecular formula is C14H17N5O2S. The van der Waals surface area contributed by atoms with Crippen molar-refractivity contribution < 1.29 is 9.53 Å². The van der Waals surface area contributed by atoms with Gasteiger partial charge in [-0.15, -0.1) is 0 Å². The third-order valence-corrected chi connectivity index (χ3v) is 3.72. The Balaban J connectivity index is 2.06. The summed E-state index contributed by atoms with van der Waals surface area (Å²) in [4.78, 5) is 20.3. The van der Waals surface area contributed by atoms with Gasteiger partial charge in [0.25, 0.3) is 0 Å². The van der Waals surface area contributed by atoms with Gasteiger partial charge >= 0.3 is 0 Å². The maximum atomic E-state index is 12.2. The van der Waals surface area contributed by atoms with Gasteiger partial charge in [-0.1, -0.05) is 23.9 Å². The number of nitrogens with two attached hydrogens (primary N) is 2. The molecule has 2 rings (SSSR count). The molecule has 8 heteroatoms. The first-order valence-electron chi connectivity index (χ1n) is 6.50. The molecule has 5 N–H and O–H groups in total. The molecule has 0 saturated carbocycles. The number of benzene rings is 1. The largest absolute Gasteiger partial charge is 0.495 e. The van der Waals surface area contributed by atoms with Gasteiger partial charge in [-0.05, 0) is 19.1 Å². The molecule has 1 atom stereocenters. The van der Waals surface area contributed by atoms with Crippen molar-refractivity contribution in [1.29, 1.82) is 0 Å². The summed E-state index contributed by atoms with van der Waals surface area (Å²) in [6.07, 6.45) is 0. The van der Waals surface area contributed by atoms with Crippen molar-refractivity contribution in [3.05, 3.63) is 30.3 Å². The standard InChI is InChI=1S/C14H17N5O2S/c1-8(22-14-18-11(15)7-12(16)19-14)13(20)17-9-5-3-4-6-10(9)21-2/h3-8H,1-2H3,(H,17,20)(H4,15,16,18,19). The molecular weight excluding hydrogens is 302 g/mol. The average molecular weight is 319 g/mol. The van der Waals surface area contributed by atoms with Gasteiger partial charge < -0.3 is 21.5 Å². The first-order chi connectivity index (χ1) is 10.5. The number of hydrogen-bond donors (Lipinski definition) is 3. The fourth-order valence-corrected chi connectivity index (χ4v) is 2.51. The van der Waals surface area contributed by atoms with Gasteiger partial charge in [0, 0.05) is 6.07 Å². The summed E-state index contributed by atoms with van der Waals surface area (Å²) in [7, 11) is 1.55. The summed E-state index contributed by atoms with van der Waals surface area (Å²) >= 11 is 1.18. The van der Waals surface area contributed by atoms with E-state index in [9.17, 15) is 4.79 Å². The van der Waals surface area contributed by atoms with Crippen molar-refractivity contribution in [2.45, 2.75) is 17.3 Å². The number of nitrogen functional groups attached to an aromatic ring is 2. The number of nitrogens with one attached hydrogen (secondary N) is 1. The van der Waals surface area contributed by atoms with E-state index in [4.69, 9.17) is 16.2 Å².